The van der Waals surface area contributed by atoms with Crippen molar-refractivity contribution in [2.75, 3.05) is 11.5 Å². The van der Waals surface area contributed by atoms with E-state index in [4.69, 9.17) is 23.2 Å². The Kier molecular flexibility index (Phi) is 2.14. The number of hydrogen-bond donors (Lipinski definition) is 0. The van der Waals surface area contributed by atoms with Gasteiger partial charge in [0.25, 0.3) is 0 Å². The van der Waals surface area contributed by atoms with Gasteiger partial charge in [-0.1, -0.05) is 0 Å². The lowest BCUT2D eigenvalue weighted by molar-refractivity contribution is 0.967. The minimum absolute atomic E-state index is 0.215. The Labute approximate surface area is 57.6 Å². The molecule has 0 spiro atoms. The van der Waals surface area contributed by atoms with Gasteiger partial charge in [-0.05, 0) is 0 Å². The highest BCUT2D eigenvalue weighted by molar-refractivity contribution is 7.99. The van der Waals surface area contributed by atoms with E-state index in [1.165, 1.54) is 0 Å². The minimum Gasteiger partial charge on any atom is -0.159 e. The monoisotopic (exact) mass is 156 g/mol. The Morgan fingerprint density at radius 1 is 1.14 bits per heavy atom. The predicted octanol–water partition coefficient (Wildman–Crippen LogP) is 1.95. The van der Waals surface area contributed by atoms with Crippen molar-refractivity contribution >= 4 is 35.0 Å². The van der Waals surface area contributed by atoms with Crippen LogP contribution in [0.15, 0.2) is 0 Å². The van der Waals surface area contributed by atoms with Crippen LogP contribution in [0, 0.1) is 0 Å². The van der Waals surface area contributed by atoms with Crippen LogP contribution in [0.3, 0.4) is 0 Å². The smallest absolute Gasteiger partial charge is 0.0598 e. The molecule has 1 fully saturated rings. The fourth-order valence-corrected chi connectivity index (χ4v) is 2.48. The zero-order valence-electron chi connectivity index (χ0n) is 3.73. The molecular weight excluding hydrogens is 151 g/mol. The highest BCUT2D eigenvalue weighted by Gasteiger charge is 2.22. The lowest BCUT2D eigenvalue weighted by Gasteiger charge is -1.98. The predicted molar refractivity (Wildman–Crippen MR) is 36.6 cm³/mol. The summed E-state index contributed by atoms with van der Waals surface area (Å²) in [5, 5.41) is 0.429. The molecule has 0 amide bonds. The fourth-order valence-electron chi connectivity index (χ4n) is 0.502. The molecule has 1 rings (SSSR count). The van der Waals surface area contributed by atoms with Crippen molar-refractivity contribution in [2.24, 2.45) is 0 Å². The molecule has 0 nitrogen and oxygen atoms in total. The van der Waals surface area contributed by atoms with E-state index in [0.717, 1.165) is 11.5 Å². The zero-order valence-corrected chi connectivity index (χ0v) is 6.06. The van der Waals surface area contributed by atoms with Gasteiger partial charge in [-0.15, -0.1) is 23.2 Å². The highest BCUT2D eigenvalue weighted by Crippen LogP contribution is 2.26. The molecule has 1 heterocycles. The van der Waals surface area contributed by atoms with Gasteiger partial charge in [0, 0.05) is 11.5 Å². The summed E-state index contributed by atoms with van der Waals surface area (Å²) in [6.45, 7) is 0. The molecule has 3 heteroatoms. The molecule has 1 aliphatic heterocycles. The van der Waals surface area contributed by atoms with Gasteiger partial charge in [0.1, 0.15) is 0 Å². The molecule has 0 aliphatic carbocycles. The van der Waals surface area contributed by atoms with E-state index in [1.807, 2.05) is 11.8 Å². The van der Waals surface area contributed by atoms with Crippen molar-refractivity contribution in [2.45, 2.75) is 10.8 Å². The summed E-state index contributed by atoms with van der Waals surface area (Å²) in [4.78, 5) is 0. The SMILES string of the molecule is Cl[C@@H]1CSC[C@H]1Cl. The lowest BCUT2D eigenvalue weighted by Crippen LogP contribution is -2.09. The van der Waals surface area contributed by atoms with Gasteiger partial charge < -0.3 is 0 Å². The standard InChI is InChI=1S/C4H6Cl2S/c5-3-1-7-2-4(3)6/h3-4H,1-2H2/t3-,4-/m1/s1. The van der Waals surface area contributed by atoms with Crippen molar-refractivity contribution in [1.82, 2.24) is 0 Å². The van der Waals surface area contributed by atoms with Crippen LogP contribution >= 0.6 is 35.0 Å². The van der Waals surface area contributed by atoms with E-state index in [-0.39, 0.29) is 10.8 Å². The summed E-state index contributed by atoms with van der Waals surface area (Å²) in [5.41, 5.74) is 0. The first-order chi connectivity index (χ1) is 3.30. The average Bonchev–Trinajstić information content (AvgIpc) is 1.91. The van der Waals surface area contributed by atoms with Gasteiger partial charge in [0.15, 0.2) is 0 Å². The van der Waals surface area contributed by atoms with Crippen LogP contribution in [0.25, 0.3) is 0 Å². The Balaban J connectivity index is 2.33. The fraction of sp³-hybridized carbons (Fsp3) is 1.00. The maximum atomic E-state index is 5.71. The molecule has 0 N–H and O–H groups in total. The molecular formula is C4H6Cl2S. The summed E-state index contributed by atoms with van der Waals surface area (Å²) in [6.07, 6.45) is 0. The Morgan fingerprint density at radius 2 is 1.57 bits per heavy atom. The van der Waals surface area contributed by atoms with Crippen LogP contribution in [0.4, 0.5) is 0 Å². The van der Waals surface area contributed by atoms with Gasteiger partial charge in [-0.25, -0.2) is 0 Å². The van der Waals surface area contributed by atoms with Crippen molar-refractivity contribution in [3.8, 4) is 0 Å². The topological polar surface area (TPSA) is 0 Å². The number of hydrogen-bond acceptors (Lipinski definition) is 1. The summed E-state index contributed by atoms with van der Waals surface area (Å²) in [7, 11) is 0. The van der Waals surface area contributed by atoms with Crippen molar-refractivity contribution in [3.63, 3.8) is 0 Å². The highest BCUT2D eigenvalue weighted by atomic mass is 35.5. The molecule has 7 heavy (non-hydrogen) atoms. The van der Waals surface area contributed by atoms with Crippen molar-refractivity contribution < 1.29 is 0 Å². The van der Waals surface area contributed by atoms with E-state index < -0.39 is 0 Å². The summed E-state index contributed by atoms with van der Waals surface area (Å²) in [5.74, 6) is 2.05. The first-order valence-corrected chi connectivity index (χ1v) is 4.19. The first kappa shape index (κ1) is 6.06. The molecule has 1 aliphatic rings. The number of thioether (sulfide) groups is 1. The molecule has 0 aromatic heterocycles. The van der Waals surface area contributed by atoms with Crippen LogP contribution in [0.2, 0.25) is 0 Å². The minimum atomic E-state index is 0.215. The number of halogens is 2. The average molecular weight is 157 g/mol. The Hall–Kier alpha value is 0.930. The second kappa shape index (κ2) is 2.47. The Bertz CT molecular complexity index is 58.7. The summed E-state index contributed by atoms with van der Waals surface area (Å²) < 4.78 is 0. The molecule has 0 aromatic carbocycles. The maximum Gasteiger partial charge on any atom is 0.0598 e. The van der Waals surface area contributed by atoms with Crippen LogP contribution in [-0.4, -0.2) is 22.3 Å². The first-order valence-electron chi connectivity index (χ1n) is 2.16. The van der Waals surface area contributed by atoms with Crippen LogP contribution in [0.5, 0.6) is 0 Å². The molecule has 42 valence electrons. The molecule has 0 saturated carbocycles. The third kappa shape index (κ3) is 1.41. The van der Waals surface area contributed by atoms with Crippen LogP contribution in [0.1, 0.15) is 0 Å². The molecule has 0 unspecified atom stereocenters. The van der Waals surface area contributed by atoms with E-state index in [2.05, 4.69) is 0 Å². The van der Waals surface area contributed by atoms with Gasteiger partial charge in [-0.2, -0.15) is 11.8 Å². The number of rotatable bonds is 0. The van der Waals surface area contributed by atoms with E-state index in [9.17, 15) is 0 Å². The van der Waals surface area contributed by atoms with Crippen molar-refractivity contribution in [1.29, 1.82) is 0 Å². The zero-order chi connectivity index (χ0) is 5.28. The van der Waals surface area contributed by atoms with Gasteiger partial charge in [-0.3, -0.25) is 0 Å². The quantitative estimate of drug-likeness (QED) is 0.484. The normalized spacial score (nSPS) is 42.0. The van der Waals surface area contributed by atoms with Crippen LogP contribution in [-0.2, 0) is 0 Å². The molecule has 0 bridgehead atoms. The lowest BCUT2D eigenvalue weighted by atomic mass is 10.4. The Morgan fingerprint density at radius 3 is 1.71 bits per heavy atom. The largest absolute Gasteiger partial charge is 0.159 e. The molecule has 2 atom stereocenters. The number of alkyl halides is 2. The second-order valence-corrected chi connectivity index (χ2v) is 3.77. The third-order valence-electron chi connectivity index (χ3n) is 0.947. The van der Waals surface area contributed by atoms with Crippen LogP contribution < -0.4 is 0 Å². The molecule has 1 saturated heterocycles. The molecule has 0 radical (unpaired) electrons. The third-order valence-corrected chi connectivity index (χ3v) is 3.55. The molecule has 0 aromatic rings. The van der Waals surface area contributed by atoms with E-state index in [0.29, 0.717) is 0 Å². The van der Waals surface area contributed by atoms with Gasteiger partial charge in [0.05, 0.1) is 10.8 Å². The van der Waals surface area contributed by atoms with Gasteiger partial charge >= 0.3 is 0 Å². The van der Waals surface area contributed by atoms with E-state index >= 15 is 0 Å². The summed E-state index contributed by atoms with van der Waals surface area (Å²) >= 11 is 13.2. The summed E-state index contributed by atoms with van der Waals surface area (Å²) in [6, 6.07) is 0. The second-order valence-electron chi connectivity index (χ2n) is 1.57. The van der Waals surface area contributed by atoms with Gasteiger partial charge in [0.2, 0.25) is 0 Å². The maximum absolute atomic E-state index is 5.71. The van der Waals surface area contributed by atoms with Crippen molar-refractivity contribution in [3.05, 3.63) is 0 Å². The van der Waals surface area contributed by atoms with E-state index in [1.54, 1.807) is 0 Å².